The third kappa shape index (κ3) is 5.91. The summed E-state index contributed by atoms with van der Waals surface area (Å²) < 4.78 is 14.9. The largest absolute Gasteiger partial charge is 1.00 e. The second-order valence-corrected chi connectivity index (χ2v) is 7.82. The normalized spacial score (nSPS) is 16.0. The van der Waals surface area contributed by atoms with Gasteiger partial charge in [-0.15, -0.1) is 0 Å². The quantitative estimate of drug-likeness (QED) is 0.399. The van der Waals surface area contributed by atoms with Crippen LogP contribution in [0.3, 0.4) is 0 Å². The summed E-state index contributed by atoms with van der Waals surface area (Å²) in [4.78, 5) is 49.5. The van der Waals surface area contributed by atoms with Gasteiger partial charge in [-0.2, -0.15) is 0 Å². The van der Waals surface area contributed by atoms with Crippen LogP contribution in [0.5, 0.6) is 0 Å². The fraction of sp³-hybridized carbons (Fsp3) is 0.250. The van der Waals surface area contributed by atoms with E-state index in [0.717, 1.165) is 22.1 Å². The molecule has 1 heterocycles. The van der Waals surface area contributed by atoms with Gasteiger partial charge in [0.1, 0.15) is 5.82 Å². The van der Waals surface area contributed by atoms with Crippen LogP contribution in [0.25, 0.3) is 11.1 Å². The minimum atomic E-state index is -1.45. The van der Waals surface area contributed by atoms with Crippen molar-refractivity contribution in [1.82, 2.24) is 15.5 Å². The molecule has 0 spiro atoms. The Hall–Kier alpha value is -3.01. The molecule has 1 aliphatic rings. The van der Waals surface area contributed by atoms with E-state index in [1.54, 1.807) is 13.0 Å². The van der Waals surface area contributed by atoms with Crippen molar-refractivity contribution in [2.75, 3.05) is 7.05 Å². The van der Waals surface area contributed by atoms with Crippen LogP contribution in [0.2, 0.25) is 0 Å². The zero-order valence-electron chi connectivity index (χ0n) is 20.4. The summed E-state index contributed by atoms with van der Waals surface area (Å²) in [6.45, 7) is 3.56. The van der Waals surface area contributed by atoms with Gasteiger partial charge in [-0.3, -0.25) is 14.4 Å². The minimum Gasteiger partial charge on any atom is -1.00 e. The molecule has 3 N–H and O–H groups in total. The first-order valence-corrected chi connectivity index (χ1v) is 10.2. The maximum atomic E-state index is 14.9. The predicted molar refractivity (Wildman–Crippen MR) is 120 cm³/mol. The first kappa shape index (κ1) is 27.2. The molecule has 0 radical (unpaired) electrons. The Bertz CT molecular complexity index is 1170. The maximum Gasteiger partial charge on any atom is 1.00 e. The second kappa shape index (κ2) is 11.4. The molecule has 2 atom stereocenters. The van der Waals surface area contributed by atoms with Crippen molar-refractivity contribution in [2.45, 2.75) is 32.4 Å². The van der Waals surface area contributed by atoms with E-state index in [-0.39, 0.29) is 36.5 Å². The van der Waals surface area contributed by atoms with E-state index in [9.17, 15) is 28.7 Å². The number of rotatable bonds is 6. The number of nitrogens with one attached hydrogen (secondary N) is 2. The number of hydrogen-bond donors (Lipinski definition) is 3. The number of hydrogen-bond acceptors (Lipinski definition) is 4. The van der Waals surface area contributed by atoms with Crippen LogP contribution < -0.4 is 40.2 Å². The van der Waals surface area contributed by atoms with Crippen LogP contribution in [-0.2, 0) is 14.4 Å². The first-order chi connectivity index (χ1) is 15.6. The van der Waals surface area contributed by atoms with Gasteiger partial charge >= 0.3 is 41.6 Å². The van der Waals surface area contributed by atoms with Crippen LogP contribution in [0.4, 0.5) is 9.18 Å². The topological polar surface area (TPSA) is 116 Å². The number of aryl methyl sites for hydroxylation is 1. The molecule has 2 aromatic rings. The fourth-order valence-electron chi connectivity index (χ4n) is 3.83. The first-order valence-electron chi connectivity index (χ1n) is 10.2. The second-order valence-electron chi connectivity index (χ2n) is 7.82. The van der Waals surface area contributed by atoms with Crippen LogP contribution in [0.15, 0.2) is 48.7 Å². The van der Waals surface area contributed by atoms with E-state index < -0.39 is 48.0 Å². The summed E-state index contributed by atoms with van der Waals surface area (Å²) in [5.41, 5.74) is 2.99. The van der Waals surface area contributed by atoms with Crippen LogP contribution in [-0.4, -0.2) is 46.8 Å². The number of carbonyl (C=O) groups excluding carboxylic acids is 3. The number of carbonyl (C=O) groups is 4. The molecule has 10 heteroatoms. The number of urea groups is 1. The van der Waals surface area contributed by atoms with Crippen molar-refractivity contribution >= 4 is 23.7 Å². The fourth-order valence-corrected chi connectivity index (χ4v) is 3.83. The number of nitrogens with zero attached hydrogens (tertiary/aromatic N) is 1. The van der Waals surface area contributed by atoms with Gasteiger partial charge in [0.2, 0.25) is 0 Å². The van der Waals surface area contributed by atoms with Gasteiger partial charge in [0.05, 0.1) is 12.5 Å². The molecular formula is C24H25FN3NaO5. The van der Waals surface area contributed by atoms with Gasteiger partial charge in [0, 0.05) is 24.9 Å². The van der Waals surface area contributed by atoms with Gasteiger partial charge in [-0.25, -0.2) is 9.18 Å². The number of carboxylic acid groups (broad SMARTS) is 1. The van der Waals surface area contributed by atoms with Crippen LogP contribution in [0, 0.1) is 19.7 Å². The number of benzene rings is 2. The third-order valence-electron chi connectivity index (χ3n) is 5.55. The number of likely N-dealkylation sites (N-methyl/N-ethyl adjacent to an activating group) is 1. The number of amides is 3. The molecule has 3 amide bonds. The number of ketones is 1. The van der Waals surface area contributed by atoms with E-state index in [2.05, 4.69) is 10.6 Å². The Kier molecular flexibility index (Phi) is 9.14. The van der Waals surface area contributed by atoms with E-state index in [1.165, 1.54) is 19.3 Å². The van der Waals surface area contributed by atoms with E-state index >= 15 is 0 Å². The predicted octanol–water partition coefficient (Wildman–Crippen LogP) is -0.0356. The summed E-state index contributed by atoms with van der Waals surface area (Å²) in [6.07, 6.45) is 1.83. The molecular weight excluding hydrogens is 452 g/mol. The monoisotopic (exact) mass is 477 g/mol. The summed E-state index contributed by atoms with van der Waals surface area (Å²) >= 11 is 0. The van der Waals surface area contributed by atoms with Crippen LogP contribution in [0.1, 0.15) is 30.6 Å². The summed E-state index contributed by atoms with van der Waals surface area (Å²) in [7, 11) is 1.43. The molecule has 0 aliphatic carbocycles. The van der Waals surface area contributed by atoms with Gasteiger partial charge in [0.25, 0.3) is 5.91 Å². The Labute approximate surface area is 220 Å². The molecule has 34 heavy (non-hydrogen) atoms. The molecule has 174 valence electrons. The Morgan fingerprint density at radius 3 is 2.47 bits per heavy atom. The molecule has 3 rings (SSSR count). The van der Waals surface area contributed by atoms with Crippen molar-refractivity contribution in [2.24, 2.45) is 0 Å². The van der Waals surface area contributed by atoms with Crippen LogP contribution >= 0.6 is 0 Å². The van der Waals surface area contributed by atoms with E-state index in [1.807, 2.05) is 31.2 Å². The molecule has 8 nitrogen and oxygen atoms in total. The average Bonchev–Trinajstić information content (AvgIpc) is 2.74. The molecule has 1 aliphatic heterocycles. The van der Waals surface area contributed by atoms with Gasteiger partial charge in [-0.05, 0) is 42.2 Å². The van der Waals surface area contributed by atoms with E-state index in [0.29, 0.717) is 11.1 Å². The van der Waals surface area contributed by atoms with E-state index in [4.69, 9.17) is 0 Å². The number of halogens is 1. The van der Waals surface area contributed by atoms with Crippen molar-refractivity contribution in [3.63, 3.8) is 0 Å². The number of aliphatic carboxylic acids is 1. The smallest absolute Gasteiger partial charge is 1.00 e. The summed E-state index contributed by atoms with van der Waals surface area (Å²) in [5.74, 6) is -3.19. The average molecular weight is 477 g/mol. The minimum absolute atomic E-state index is 0. The molecule has 0 saturated carbocycles. The molecule has 0 saturated heterocycles. The number of carboxylic acids is 1. The van der Waals surface area contributed by atoms with Gasteiger partial charge < -0.3 is 22.1 Å². The standard InChI is InChI=1S/C24H24FN3O5.Na.H/c1-13-6-4-5-7-15(13)16-8-9-17(25)21(14(16)2)18(12-20(30)31)26-24(33)27-22-19(29)10-11-28(3)23(22)32;;/h4-11,18,22H,12H2,1-3H3,(H,30,31)(H2,26,27,33);;/q;+1;-1/t18-,22?;;/m0../s1. The van der Waals surface area contributed by atoms with Crippen molar-refractivity contribution in [1.29, 1.82) is 0 Å². The Balaban J connectivity index is 0.00000306. The van der Waals surface area contributed by atoms with Crippen molar-refractivity contribution in [3.8, 4) is 11.1 Å². The molecule has 0 fully saturated rings. The molecule has 2 aromatic carbocycles. The van der Waals surface area contributed by atoms with Crippen molar-refractivity contribution in [3.05, 3.63) is 71.2 Å². The molecule has 0 bridgehead atoms. The van der Waals surface area contributed by atoms with Gasteiger partial charge in [-0.1, -0.05) is 30.3 Å². The molecule has 1 unspecified atom stereocenters. The summed E-state index contributed by atoms with van der Waals surface area (Å²) in [6, 6.07) is 6.67. The summed E-state index contributed by atoms with van der Waals surface area (Å²) in [5, 5.41) is 14.1. The zero-order valence-corrected chi connectivity index (χ0v) is 21.4. The zero-order chi connectivity index (χ0) is 24.3. The Morgan fingerprint density at radius 1 is 1.15 bits per heavy atom. The SMILES string of the molecule is Cc1ccccc1-c1ccc(F)c([C@H](CC(=O)O)NC(=O)NC2C(=O)C=CN(C)C2=O)c1C.[H-].[Na+]. The Morgan fingerprint density at radius 2 is 1.82 bits per heavy atom. The van der Waals surface area contributed by atoms with Crippen molar-refractivity contribution < 1.29 is 59.7 Å². The third-order valence-corrected chi connectivity index (χ3v) is 5.55. The molecule has 0 aromatic heterocycles. The van der Waals surface area contributed by atoms with Gasteiger partial charge in [0.15, 0.2) is 11.8 Å². The maximum absolute atomic E-state index is 14.9.